The van der Waals surface area contributed by atoms with Crippen LogP contribution in [0, 0.1) is 5.82 Å². The third kappa shape index (κ3) is 4.47. The first-order chi connectivity index (χ1) is 10.8. The van der Waals surface area contributed by atoms with Crippen LogP contribution in [0.4, 0.5) is 4.39 Å². The molecule has 0 radical (unpaired) electrons. The van der Waals surface area contributed by atoms with E-state index in [9.17, 15) is 14.0 Å². The summed E-state index contributed by atoms with van der Waals surface area (Å²) < 4.78 is 19.1. The van der Waals surface area contributed by atoms with Crippen molar-refractivity contribution in [1.82, 2.24) is 4.90 Å². The van der Waals surface area contributed by atoms with Gasteiger partial charge in [-0.2, -0.15) is 11.8 Å². The zero-order valence-electron chi connectivity index (χ0n) is 13.7. The summed E-state index contributed by atoms with van der Waals surface area (Å²) in [6, 6.07) is 6.77. The topological polar surface area (TPSA) is 46.6 Å². The minimum Gasteiger partial charge on any atom is -0.450 e. The van der Waals surface area contributed by atoms with Gasteiger partial charge in [-0.05, 0) is 26.3 Å². The third-order valence-corrected chi connectivity index (χ3v) is 5.10. The van der Waals surface area contributed by atoms with Crippen molar-refractivity contribution in [2.45, 2.75) is 38.0 Å². The van der Waals surface area contributed by atoms with Gasteiger partial charge in [0.05, 0.1) is 0 Å². The Morgan fingerprint density at radius 3 is 2.65 bits per heavy atom. The average Bonchev–Trinajstić information content (AvgIpc) is 2.71. The second-order valence-corrected chi connectivity index (χ2v) is 7.38. The van der Waals surface area contributed by atoms with Crippen LogP contribution in [0.15, 0.2) is 24.3 Å². The molecular weight excluding hydrogens is 317 g/mol. The highest BCUT2D eigenvalue weighted by Gasteiger charge is 2.36. The van der Waals surface area contributed by atoms with Gasteiger partial charge in [0.1, 0.15) is 5.82 Å². The molecule has 0 bridgehead atoms. The molecule has 1 amide bonds. The van der Waals surface area contributed by atoms with Crippen molar-refractivity contribution < 1.29 is 18.7 Å². The average molecular weight is 339 g/mol. The first-order valence-electron chi connectivity index (χ1n) is 7.66. The summed E-state index contributed by atoms with van der Waals surface area (Å²) in [4.78, 5) is 25.4. The number of thioether (sulfide) groups is 1. The molecular formula is C17H22FNO3S. The van der Waals surface area contributed by atoms with Gasteiger partial charge in [-0.1, -0.05) is 18.2 Å². The van der Waals surface area contributed by atoms with Crippen molar-refractivity contribution in [2.75, 3.05) is 18.8 Å². The van der Waals surface area contributed by atoms with Gasteiger partial charge in [-0.3, -0.25) is 9.59 Å². The number of ether oxygens (including phenoxy) is 1. The van der Waals surface area contributed by atoms with E-state index in [0.29, 0.717) is 25.1 Å². The molecule has 0 saturated carbocycles. The Labute approximate surface area is 140 Å². The molecule has 1 aliphatic heterocycles. The fraction of sp³-hybridized carbons (Fsp3) is 0.529. The summed E-state index contributed by atoms with van der Waals surface area (Å²) in [5.74, 6) is -0.162. The van der Waals surface area contributed by atoms with Crippen LogP contribution in [0.1, 0.15) is 38.0 Å². The van der Waals surface area contributed by atoms with Crippen LogP contribution in [0.3, 0.4) is 0 Å². The SMILES string of the molecule is CC(=O)OC(C)(C)C(=O)N1CCSC(c2ccccc2F)CC1. The van der Waals surface area contributed by atoms with Gasteiger partial charge in [0.25, 0.3) is 5.91 Å². The Hall–Kier alpha value is -1.56. The zero-order chi connectivity index (χ0) is 17.0. The molecule has 1 aromatic rings. The lowest BCUT2D eigenvalue weighted by molar-refractivity contribution is -0.168. The van der Waals surface area contributed by atoms with Gasteiger partial charge >= 0.3 is 5.97 Å². The Balaban J connectivity index is 2.05. The molecule has 0 aliphatic carbocycles. The maximum Gasteiger partial charge on any atom is 0.303 e. The molecule has 4 nitrogen and oxygen atoms in total. The molecule has 1 fully saturated rings. The van der Waals surface area contributed by atoms with E-state index in [2.05, 4.69) is 0 Å². The van der Waals surface area contributed by atoms with Gasteiger partial charge in [-0.15, -0.1) is 0 Å². The van der Waals surface area contributed by atoms with E-state index in [1.807, 2.05) is 6.07 Å². The van der Waals surface area contributed by atoms with Crippen molar-refractivity contribution >= 4 is 23.6 Å². The van der Waals surface area contributed by atoms with E-state index in [0.717, 1.165) is 5.75 Å². The highest BCUT2D eigenvalue weighted by atomic mass is 32.2. The fourth-order valence-corrected chi connectivity index (χ4v) is 3.99. The molecule has 1 atom stereocenters. The van der Waals surface area contributed by atoms with E-state index < -0.39 is 11.6 Å². The summed E-state index contributed by atoms with van der Waals surface area (Å²) in [6.45, 7) is 5.59. The molecule has 0 aromatic heterocycles. The molecule has 1 aromatic carbocycles. The van der Waals surface area contributed by atoms with Crippen molar-refractivity contribution in [1.29, 1.82) is 0 Å². The lowest BCUT2D eigenvalue weighted by atomic mass is 10.1. The number of carbonyl (C=O) groups is 2. The van der Waals surface area contributed by atoms with Crippen molar-refractivity contribution in [3.63, 3.8) is 0 Å². The van der Waals surface area contributed by atoms with Crippen LogP contribution in [-0.2, 0) is 14.3 Å². The summed E-state index contributed by atoms with van der Waals surface area (Å²) >= 11 is 1.66. The van der Waals surface area contributed by atoms with Gasteiger partial charge in [0, 0.05) is 36.6 Å². The molecule has 1 unspecified atom stereocenters. The van der Waals surface area contributed by atoms with E-state index >= 15 is 0 Å². The number of benzene rings is 1. The van der Waals surface area contributed by atoms with Crippen LogP contribution in [0.2, 0.25) is 0 Å². The number of amides is 1. The Bertz CT molecular complexity index is 591. The van der Waals surface area contributed by atoms with Crippen LogP contribution < -0.4 is 0 Å². The van der Waals surface area contributed by atoms with E-state index in [1.54, 1.807) is 42.6 Å². The van der Waals surface area contributed by atoms with Crippen LogP contribution >= 0.6 is 11.8 Å². The second-order valence-electron chi connectivity index (χ2n) is 6.07. The van der Waals surface area contributed by atoms with Crippen molar-refractivity contribution in [3.05, 3.63) is 35.6 Å². The normalized spacial score (nSPS) is 19.1. The van der Waals surface area contributed by atoms with Crippen LogP contribution in [0.25, 0.3) is 0 Å². The smallest absolute Gasteiger partial charge is 0.303 e. The van der Waals surface area contributed by atoms with Gasteiger partial charge in [0.2, 0.25) is 0 Å². The number of hydrogen-bond donors (Lipinski definition) is 0. The van der Waals surface area contributed by atoms with Gasteiger partial charge < -0.3 is 9.64 Å². The van der Waals surface area contributed by atoms with Crippen molar-refractivity contribution in [3.8, 4) is 0 Å². The lowest BCUT2D eigenvalue weighted by Gasteiger charge is -2.30. The van der Waals surface area contributed by atoms with Crippen LogP contribution in [-0.4, -0.2) is 41.2 Å². The number of halogens is 1. The lowest BCUT2D eigenvalue weighted by Crippen LogP contribution is -2.48. The minimum absolute atomic E-state index is 0.0332. The number of esters is 1. The Kier molecular flexibility index (Phi) is 5.68. The monoisotopic (exact) mass is 339 g/mol. The third-order valence-electron chi connectivity index (χ3n) is 3.79. The first-order valence-corrected chi connectivity index (χ1v) is 8.71. The predicted molar refractivity (Wildman–Crippen MR) is 88.6 cm³/mol. The van der Waals surface area contributed by atoms with E-state index in [4.69, 9.17) is 4.74 Å². The summed E-state index contributed by atoms with van der Waals surface area (Å²) in [7, 11) is 0. The molecule has 23 heavy (non-hydrogen) atoms. The highest BCUT2D eigenvalue weighted by Crippen LogP contribution is 2.36. The van der Waals surface area contributed by atoms with E-state index in [-0.39, 0.29) is 17.0 Å². The quantitative estimate of drug-likeness (QED) is 0.794. The number of carbonyl (C=O) groups excluding carboxylic acids is 2. The van der Waals surface area contributed by atoms with E-state index in [1.165, 1.54) is 13.0 Å². The van der Waals surface area contributed by atoms with Crippen LogP contribution in [0.5, 0.6) is 0 Å². The molecule has 1 saturated heterocycles. The second kappa shape index (κ2) is 7.34. The number of rotatable bonds is 3. The number of nitrogens with zero attached hydrogens (tertiary/aromatic N) is 1. The van der Waals surface area contributed by atoms with Crippen molar-refractivity contribution in [2.24, 2.45) is 0 Å². The fourth-order valence-electron chi connectivity index (χ4n) is 2.74. The maximum atomic E-state index is 13.9. The Morgan fingerprint density at radius 2 is 2.00 bits per heavy atom. The standard InChI is InChI=1S/C17H22FNO3S/c1-12(20)22-17(2,3)16(21)19-9-8-15(23-11-10-19)13-6-4-5-7-14(13)18/h4-7,15H,8-11H2,1-3H3. The summed E-state index contributed by atoms with van der Waals surface area (Å²) in [6.07, 6.45) is 0.674. The summed E-state index contributed by atoms with van der Waals surface area (Å²) in [5, 5.41) is 0.0332. The maximum absolute atomic E-state index is 13.9. The Morgan fingerprint density at radius 1 is 1.30 bits per heavy atom. The summed E-state index contributed by atoms with van der Waals surface area (Å²) in [5.41, 5.74) is -0.486. The molecule has 0 spiro atoms. The van der Waals surface area contributed by atoms with Gasteiger partial charge in [0.15, 0.2) is 5.60 Å². The number of hydrogen-bond acceptors (Lipinski definition) is 4. The highest BCUT2D eigenvalue weighted by molar-refractivity contribution is 7.99. The molecule has 6 heteroatoms. The molecule has 0 N–H and O–H groups in total. The minimum atomic E-state index is -1.17. The first kappa shape index (κ1) is 17.8. The predicted octanol–water partition coefficient (Wildman–Crippen LogP) is 3.17. The van der Waals surface area contributed by atoms with Gasteiger partial charge in [-0.25, -0.2) is 4.39 Å². The molecule has 126 valence electrons. The molecule has 1 heterocycles. The molecule has 1 aliphatic rings. The zero-order valence-corrected chi connectivity index (χ0v) is 14.5. The molecule has 2 rings (SSSR count). The largest absolute Gasteiger partial charge is 0.450 e.